The molecule has 0 spiro atoms. The van der Waals surface area contributed by atoms with Crippen LogP contribution in [0.15, 0.2) is 54.7 Å². The van der Waals surface area contributed by atoms with E-state index in [9.17, 15) is 22.8 Å². The molecule has 0 aliphatic heterocycles. The zero-order valence-electron chi connectivity index (χ0n) is 14.7. The molecule has 2 aromatic carbocycles. The topological polar surface area (TPSA) is 90.0 Å². The van der Waals surface area contributed by atoms with Gasteiger partial charge in [0.2, 0.25) is 5.91 Å². The lowest BCUT2D eigenvalue weighted by Crippen LogP contribution is -2.26. The van der Waals surface area contributed by atoms with E-state index >= 15 is 0 Å². The summed E-state index contributed by atoms with van der Waals surface area (Å²) in [7, 11) is 0. The molecule has 0 radical (unpaired) electrons. The summed E-state index contributed by atoms with van der Waals surface area (Å²) in [5, 5.41) is 6.51. The molecule has 3 N–H and O–H groups in total. The third-order valence-electron chi connectivity index (χ3n) is 4.05. The summed E-state index contributed by atoms with van der Waals surface area (Å²) in [6.07, 6.45) is -3.95. The molecule has 6 nitrogen and oxygen atoms in total. The molecule has 0 atom stereocenters. The van der Waals surface area contributed by atoms with Crippen molar-refractivity contribution in [3.63, 3.8) is 0 Å². The average Bonchev–Trinajstić information content (AvgIpc) is 3.13. The number of hydrogen-bond donors (Lipinski definition) is 2. The summed E-state index contributed by atoms with van der Waals surface area (Å²) in [6.45, 7) is -0.0404. The van der Waals surface area contributed by atoms with Gasteiger partial charge < -0.3 is 11.1 Å². The number of primary amides is 1. The summed E-state index contributed by atoms with van der Waals surface area (Å²) in [6, 6.07) is 11.6. The highest BCUT2D eigenvalue weighted by molar-refractivity contribution is 6.30. The second-order valence-corrected chi connectivity index (χ2v) is 6.47. The number of rotatable bonds is 5. The van der Waals surface area contributed by atoms with E-state index in [4.69, 9.17) is 17.3 Å². The monoisotopic (exact) mass is 422 g/mol. The molecule has 3 aromatic rings. The van der Waals surface area contributed by atoms with Gasteiger partial charge in [-0.15, -0.1) is 0 Å². The molecule has 0 unspecified atom stereocenters. The van der Waals surface area contributed by atoms with Crippen LogP contribution in [0.25, 0.3) is 5.69 Å². The summed E-state index contributed by atoms with van der Waals surface area (Å²) in [4.78, 5) is 23.5. The fourth-order valence-electron chi connectivity index (χ4n) is 2.63. The summed E-state index contributed by atoms with van der Waals surface area (Å²) >= 11 is 5.77. The van der Waals surface area contributed by atoms with Gasteiger partial charge in [-0.2, -0.15) is 18.3 Å². The molecule has 2 amide bonds. The van der Waals surface area contributed by atoms with Gasteiger partial charge in [0.1, 0.15) is 0 Å². The molecular formula is C19H14ClF3N4O2. The summed E-state index contributed by atoms with van der Waals surface area (Å²) in [5.41, 5.74) is 4.32. The van der Waals surface area contributed by atoms with Crippen LogP contribution in [0.1, 0.15) is 32.0 Å². The van der Waals surface area contributed by atoms with Crippen LogP contribution < -0.4 is 11.1 Å². The number of aromatic nitrogens is 2. The third-order valence-corrected chi connectivity index (χ3v) is 4.30. The number of carbonyl (C=O) groups excluding carboxylic acids is 2. The summed E-state index contributed by atoms with van der Waals surface area (Å²) < 4.78 is 41.6. The minimum atomic E-state index is -4.81. The van der Waals surface area contributed by atoms with Crippen LogP contribution in [0.5, 0.6) is 0 Å². The van der Waals surface area contributed by atoms with E-state index in [1.54, 1.807) is 12.1 Å². The number of nitrogens with two attached hydrogens (primary N) is 1. The van der Waals surface area contributed by atoms with Gasteiger partial charge in [-0.25, -0.2) is 4.68 Å². The van der Waals surface area contributed by atoms with Crippen LogP contribution in [0.2, 0.25) is 5.02 Å². The Morgan fingerprint density at radius 2 is 1.69 bits per heavy atom. The van der Waals surface area contributed by atoms with Gasteiger partial charge in [0.05, 0.1) is 17.4 Å². The molecule has 0 fully saturated rings. The van der Waals surface area contributed by atoms with E-state index < -0.39 is 29.2 Å². The van der Waals surface area contributed by atoms with Gasteiger partial charge in [0.15, 0.2) is 5.69 Å². The first-order chi connectivity index (χ1) is 13.7. The maximum atomic E-state index is 13.6. The van der Waals surface area contributed by atoms with E-state index in [2.05, 4.69) is 10.4 Å². The predicted molar refractivity (Wildman–Crippen MR) is 99.7 cm³/mol. The van der Waals surface area contributed by atoms with Gasteiger partial charge in [-0.1, -0.05) is 23.7 Å². The van der Waals surface area contributed by atoms with Crippen LogP contribution in [0.3, 0.4) is 0 Å². The smallest absolute Gasteiger partial charge is 0.366 e. The maximum Gasteiger partial charge on any atom is 0.434 e. The van der Waals surface area contributed by atoms with Gasteiger partial charge in [0.25, 0.3) is 5.91 Å². The van der Waals surface area contributed by atoms with Crippen molar-refractivity contribution in [2.24, 2.45) is 5.73 Å². The predicted octanol–water partition coefficient (Wildman–Crippen LogP) is 3.57. The molecule has 0 saturated carbocycles. The Hall–Kier alpha value is -3.33. The molecule has 10 heteroatoms. The Labute approximate surface area is 168 Å². The lowest BCUT2D eigenvalue weighted by molar-refractivity contribution is -0.143. The molecule has 0 aliphatic carbocycles. The van der Waals surface area contributed by atoms with Crippen LogP contribution in [-0.4, -0.2) is 21.6 Å². The van der Waals surface area contributed by atoms with Gasteiger partial charge in [-0.3, -0.25) is 9.59 Å². The minimum Gasteiger partial charge on any atom is -0.366 e. The number of alkyl halides is 3. The SMILES string of the molecule is NC(=O)c1ccc(CNC(=O)c2cnn(-c3ccc(Cl)cc3)c2C(F)(F)F)cc1. The first-order valence-electron chi connectivity index (χ1n) is 8.25. The standard InChI is InChI=1S/C19H14ClF3N4O2/c20-13-5-7-14(8-6-13)27-16(19(21,22)23)15(10-26-27)18(29)25-9-11-1-3-12(4-2-11)17(24)28/h1-8,10H,9H2,(H2,24,28)(H,25,29). The van der Waals surface area contributed by atoms with Gasteiger partial charge >= 0.3 is 6.18 Å². The Morgan fingerprint density at radius 1 is 1.07 bits per heavy atom. The molecule has 0 bridgehead atoms. The normalized spacial score (nSPS) is 11.3. The van der Waals surface area contributed by atoms with Crippen molar-refractivity contribution in [1.82, 2.24) is 15.1 Å². The summed E-state index contributed by atoms with van der Waals surface area (Å²) in [5.74, 6) is -1.54. The van der Waals surface area contributed by atoms with Gasteiger partial charge in [0, 0.05) is 17.1 Å². The highest BCUT2D eigenvalue weighted by Gasteiger charge is 2.40. The van der Waals surface area contributed by atoms with Crippen LogP contribution in [0, 0.1) is 0 Å². The van der Waals surface area contributed by atoms with Crippen molar-refractivity contribution in [3.8, 4) is 5.69 Å². The fraction of sp³-hybridized carbons (Fsp3) is 0.105. The first kappa shape index (κ1) is 20.4. The molecule has 150 valence electrons. The Kier molecular flexibility index (Phi) is 5.60. The molecule has 1 aromatic heterocycles. The van der Waals surface area contributed by atoms with Crippen molar-refractivity contribution in [2.45, 2.75) is 12.7 Å². The van der Waals surface area contributed by atoms with Crippen molar-refractivity contribution >= 4 is 23.4 Å². The van der Waals surface area contributed by atoms with Crippen molar-refractivity contribution in [2.75, 3.05) is 0 Å². The second kappa shape index (κ2) is 7.96. The van der Waals surface area contributed by atoms with Crippen molar-refractivity contribution in [3.05, 3.63) is 82.1 Å². The number of nitrogens with one attached hydrogen (secondary N) is 1. The van der Waals surface area contributed by atoms with E-state index in [0.717, 1.165) is 6.20 Å². The lowest BCUT2D eigenvalue weighted by Gasteiger charge is -2.13. The molecule has 0 saturated heterocycles. The number of benzene rings is 2. The van der Waals surface area contributed by atoms with E-state index in [1.165, 1.54) is 36.4 Å². The van der Waals surface area contributed by atoms with Crippen molar-refractivity contribution < 1.29 is 22.8 Å². The third kappa shape index (κ3) is 4.57. The molecule has 29 heavy (non-hydrogen) atoms. The van der Waals surface area contributed by atoms with E-state index in [0.29, 0.717) is 15.3 Å². The van der Waals surface area contributed by atoms with Gasteiger partial charge in [-0.05, 0) is 42.0 Å². The highest BCUT2D eigenvalue weighted by Crippen LogP contribution is 2.33. The fourth-order valence-corrected chi connectivity index (χ4v) is 2.76. The lowest BCUT2D eigenvalue weighted by atomic mass is 10.1. The quantitative estimate of drug-likeness (QED) is 0.658. The molecule has 1 heterocycles. The van der Waals surface area contributed by atoms with Crippen molar-refractivity contribution in [1.29, 1.82) is 0 Å². The molecule has 3 rings (SSSR count). The first-order valence-corrected chi connectivity index (χ1v) is 8.62. The zero-order chi connectivity index (χ0) is 21.2. The second-order valence-electron chi connectivity index (χ2n) is 6.04. The van der Waals surface area contributed by atoms with Crippen LogP contribution in [0.4, 0.5) is 13.2 Å². The number of halogens is 4. The number of hydrogen-bond acceptors (Lipinski definition) is 3. The largest absolute Gasteiger partial charge is 0.434 e. The van der Waals surface area contributed by atoms with Crippen LogP contribution in [-0.2, 0) is 12.7 Å². The highest BCUT2D eigenvalue weighted by atomic mass is 35.5. The number of nitrogens with zero attached hydrogens (tertiary/aromatic N) is 2. The Morgan fingerprint density at radius 3 is 2.24 bits per heavy atom. The molecule has 0 aliphatic rings. The minimum absolute atomic E-state index is 0.0404. The Balaban J connectivity index is 1.85. The number of carbonyl (C=O) groups is 2. The number of amides is 2. The molecular weight excluding hydrogens is 409 g/mol. The van der Waals surface area contributed by atoms with Crippen LogP contribution >= 0.6 is 11.6 Å². The Bertz CT molecular complexity index is 1040. The van der Waals surface area contributed by atoms with E-state index in [1.807, 2.05) is 0 Å². The van der Waals surface area contributed by atoms with E-state index in [-0.39, 0.29) is 17.8 Å². The maximum absolute atomic E-state index is 13.6. The zero-order valence-corrected chi connectivity index (χ0v) is 15.5. The average molecular weight is 423 g/mol.